The highest BCUT2D eigenvalue weighted by Gasteiger charge is 2.12. The Morgan fingerprint density at radius 2 is 2.50 bits per heavy atom. The highest BCUT2D eigenvalue weighted by molar-refractivity contribution is 7.81. The molecule has 1 rings (SSSR count). The van der Waals surface area contributed by atoms with Crippen LogP contribution >= 0.6 is 0 Å². The van der Waals surface area contributed by atoms with Gasteiger partial charge >= 0.3 is 0 Å². The van der Waals surface area contributed by atoms with Gasteiger partial charge in [0.15, 0.2) is 0 Å². The summed E-state index contributed by atoms with van der Waals surface area (Å²) in [5.74, 6) is 0. The van der Waals surface area contributed by atoms with E-state index >= 15 is 0 Å². The van der Waals surface area contributed by atoms with Crippen molar-refractivity contribution >= 4 is 11.0 Å². The normalized spacial score (nSPS) is 26.1. The maximum Gasteiger partial charge on any atom is 0.0923 e. The van der Waals surface area contributed by atoms with Crippen LogP contribution in [0.5, 0.6) is 0 Å². The number of nitrogens with one attached hydrogen (secondary N) is 1. The third kappa shape index (κ3) is 1.27. The van der Waals surface area contributed by atoms with Gasteiger partial charge in [0.2, 0.25) is 0 Å². The maximum absolute atomic E-state index is 10.6. The summed E-state index contributed by atoms with van der Waals surface area (Å²) in [4.78, 5) is 0. The third-order valence-corrected chi connectivity index (χ3v) is 2.23. The second kappa shape index (κ2) is 2.57. The first kappa shape index (κ1) is 6.19. The van der Waals surface area contributed by atoms with E-state index in [1.807, 2.05) is 4.31 Å². The zero-order valence-electron chi connectivity index (χ0n) is 4.89. The lowest BCUT2D eigenvalue weighted by Crippen LogP contribution is -2.23. The van der Waals surface area contributed by atoms with E-state index in [1.54, 1.807) is 6.26 Å². The van der Waals surface area contributed by atoms with Crippen LogP contribution in [-0.4, -0.2) is 34.5 Å². The van der Waals surface area contributed by atoms with E-state index in [1.165, 1.54) is 0 Å². The molecule has 0 amide bonds. The van der Waals surface area contributed by atoms with E-state index in [2.05, 4.69) is 5.32 Å². The van der Waals surface area contributed by atoms with E-state index in [-0.39, 0.29) is 0 Å². The summed E-state index contributed by atoms with van der Waals surface area (Å²) in [5, 5.41) is 3.09. The average Bonchev–Trinajstić information content (AvgIpc) is 2.12. The van der Waals surface area contributed by atoms with Gasteiger partial charge in [-0.05, 0) is 0 Å². The minimum absolute atomic E-state index is 0.770. The second-order valence-corrected chi connectivity index (χ2v) is 3.15. The van der Waals surface area contributed by atoms with Gasteiger partial charge in [0.1, 0.15) is 0 Å². The largest absolute Gasteiger partial charge is 0.302 e. The summed E-state index contributed by atoms with van der Waals surface area (Å²) in [7, 11) is -0.770. The van der Waals surface area contributed by atoms with Gasteiger partial charge in [0, 0.05) is 19.3 Å². The molecule has 1 saturated heterocycles. The molecule has 0 aliphatic carbocycles. The Morgan fingerprint density at radius 3 is 2.75 bits per heavy atom. The summed E-state index contributed by atoms with van der Waals surface area (Å²) in [6.07, 6.45) is 1.70. The minimum atomic E-state index is -0.770. The summed E-state index contributed by atoms with van der Waals surface area (Å²) >= 11 is 0. The molecule has 4 heteroatoms. The van der Waals surface area contributed by atoms with Crippen molar-refractivity contribution in [2.24, 2.45) is 0 Å². The lowest BCUT2D eigenvalue weighted by molar-refractivity contribution is 0.533. The summed E-state index contributed by atoms with van der Waals surface area (Å²) in [6, 6.07) is 0. The van der Waals surface area contributed by atoms with Crippen LogP contribution in [0.4, 0.5) is 0 Å². The van der Waals surface area contributed by atoms with Gasteiger partial charge in [-0.25, -0.2) is 8.51 Å². The van der Waals surface area contributed by atoms with Gasteiger partial charge < -0.3 is 5.32 Å². The molecular weight excluding hydrogens is 124 g/mol. The molecule has 0 aromatic heterocycles. The standard InChI is InChI=1S/C4H10N2OS/c1-8(7)6-3-2-5-4-6/h5H,2-4H2,1H3. The lowest BCUT2D eigenvalue weighted by atomic mass is 10.7. The Morgan fingerprint density at radius 1 is 1.75 bits per heavy atom. The molecule has 1 fully saturated rings. The molecule has 1 aliphatic rings. The first-order chi connectivity index (χ1) is 3.80. The summed E-state index contributed by atoms with van der Waals surface area (Å²) in [5.41, 5.74) is 0. The van der Waals surface area contributed by atoms with Gasteiger partial charge in [0.05, 0.1) is 17.7 Å². The van der Waals surface area contributed by atoms with Crippen LogP contribution in [0.2, 0.25) is 0 Å². The van der Waals surface area contributed by atoms with Crippen molar-refractivity contribution in [3.05, 3.63) is 0 Å². The van der Waals surface area contributed by atoms with Crippen molar-refractivity contribution in [3.63, 3.8) is 0 Å². The van der Waals surface area contributed by atoms with Gasteiger partial charge in [-0.3, -0.25) is 0 Å². The third-order valence-electron chi connectivity index (χ3n) is 1.19. The molecule has 0 bridgehead atoms. The van der Waals surface area contributed by atoms with Crippen molar-refractivity contribution in [1.82, 2.24) is 9.62 Å². The quantitative estimate of drug-likeness (QED) is 0.506. The Hall–Kier alpha value is 0.0700. The summed E-state index contributed by atoms with van der Waals surface area (Å²) < 4.78 is 12.5. The van der Waals surface area contributed by atoms with Crippen molar-refractivity contribution in [1.29, 1.82) is 0 Å². The van der Waals surface area contributed by atoms with Crippen LogP contribution in [0, 0.1) is 0 Å². The molecule has 1 N–H and O–H groups in total. The maximum atomic E-state index is 10.6. The Bertz CT molecular complexity index is 100. The fraction of sp³-hybridized carbons (Fsp3) is 1.00. The second-order valence-electron chi connectivity index (χ2n) is 1.79. The molecule has 0 radical (unpaired) electrons. The monoisotopic (exact) mass is 134 g/mol. The average molecular weight is 134 g/mol. The lowest BCUT2D eigenvalue weighted by Gasteiger charge is -2.06. The molecular formula is C4H10N2OS. The Kier molecular flexibility index (Phi) is 1.99. The van der Waals surface area contributed by atoms with Crippen LogP contribution < -0.4 is 5.32 Å². The number of nitrogens with zero attached hydrogens (tertiary/aromatic N) is 1. The molecule has 0 aromatic rings. The van der Waals surface area contributed by atoms with Crippen molar-refractivity contribution < 1.29 is 4.21 Å². The molecule has 1 aliphatic heterocycles. The number of hydrogen-bond acceptors (Lipinski definition) is 2. The van der Waals surface area contributed by atoms with Crippen molar-refractivity contribution in [2.45, 2.75) is 0 Å². The molecule has 8 heavy (non-hydrogen) atoms. The fourth-order valence-corrected chi connectivity index (χ4v) is 1.33. The van der Waals surface area contributed by atoms with Crippen LogP contribution in [0.25, 0.3) is 0 Å². The molecule has 1 heterocycles. The van der Waals surface area contributed by atoms with Gasteiger partial charge in [-0.15, -0.1) is 0 Å². The molecule has 1 atom stereocenters. The van der Waals surface area contributed by atoms with E-state index < -0.39 is 11.0 Å². The Balaban J connectivity index is 2.35. The summed E-state index contributed by atoms with van der Waals surface area (Å²) in [6.45, 7) is 2.67. The van der Waals surface area contributed by atoms with E-state index in [4.69, 9.17) is 0 Å². The Labute approximate surface area is 51.6 Å². The van der Waals surface area contributed by atoms with Crippen LogP contribution in [0.3, 0.4) is 0 Å². The zero-order chi connectivity index (χ0) is 5.98. The number of hydrogen-bond donors (Lipinski definition) is 1. The van der Waals surface area contributed by atoms with Gasteiger partial charge in [-0.1, -0.05) is 0 Å². The van der Waals surface area contributed by atoms with Crippen molar-refractivity contribution in [2.75, 3.05) is 26.0 Å². The first-order valence-electron chi connectivity index (χ1n) is 2.60. The SMILES string of the molecule is CS(=O)N1CCNC1. The van der Waals surface area contributed by atoms with Crippen LogP contribution in [0.15, 0.2) is 0 Å². The van der Waals surface area contributed by atoms with Crippen LogP contribution in [-0.2, 0) is 11.0 Å². The van der Waals surface area contributed by atoms with E-state index in [0.717, 1.165) is 19.8 Å². The molecule has 3 nitrogen and oxygen atoms in total. The molecule has 1 unspecified atom stereocenters. The fourth-order valence-electron chi connectivity index (χ4n) is 0.706. The minimum Gasteiger partial charge on any atom is -0.302 e. The molecule has 0 saturated carbocycles. The molecule has 0 spiro atoms. The van der Waals surface area contributed by atoms with E-state index in [9.17, 15) is 4.21 Å². The zero-order valence-corrected chi connectivity index (χ0v) is 5.70. The van der Waals surface area contributed by atoms with Gasteiger partial charge in [-0.2, -0.15) is 0 Å². The van der Waals surface area contributed by atoms with E-state index in [0.29, 0.717) is 0 Å². The predicted octanol–water partition coefficient (Wildman–Crippen LogP) is -0.857. The predicted molar refractivity (Wildman–Crippen MR) is 33.6 cm³/mol. The highest BCUT2D eigenvalue weighted by Crippen LogP contribution is 1.93. The van der Waals surface area contributed by atoms with Crippen molar-refractivity contribution in [3.8, 4) is 0 Å². The van der Waals surface area contributed by atoms with Gasteiger partial charge in [0.25, 0.3) is 0 Å². The van der Waals surface area contributed by atoms with Crippen LogP contribution in [0.1, 0.15) is 0 Å². The topological polar surface area (TPSA) is 32.3 Å². The molecule has 48 valence electrons. The highest BCUT2D eigenvalue weighted by atomic mass is 32.2. The number of rotatable bonds is 1. The smallest absolute Gasteiger partial charge is 0.0923 e. The molecule has 0 aromatic carbocycles. The first-order valence-corrected chi connectivity index (χ1v) is 4.11.